The number of aliphatic hydroxyl groups is 1. The fourth-order valence-electron chi connectivity index (χ4n) is 3.08. The van der Waals surface area contributed by atoms with Crippen molar-refractivity contribution in [3.63, 3.8) is 0 Å². The summed E-state index contributed by atoms with van der Waals surface area (Å²) in [6, 6.07) is 0. The van der Waals surface area contributed by atoms with E-state index in [0.717, 1.165) is 49.0 Å². The van der Waals surface area contributed by atoms with E-state index in [9.17, 15) is 5.11 Å². The Morgan fingerprint density at radius 1 is 1.52 bits per heavy atom. The smallest absolute Gasteiger partial charge is 0.137 e. The predicted octanol–water partition coefficient (Wildman–Crippen LogP) is 2.13. The fraction of sp³-hybridized carbons (Fsp3) is 0.600. The second-order valence-electron chi connectivity index (χ2n) is 5.84. The minimum atomic E-state index is -0.482. The monoisotopic (exact) mass is 306 g/mol. The number of piperidine rings is 1. The molecule has 2 aromatic rings. The number of hydrogen-bond donors (Lipinski definition) is 1. The van der Waals surface area contributed by atoms with Crippen LogP contribution in [0.15, 0.2) is 17.8 Å². The molecule has 0 saturated carbocycles. The molecule has 1 aliphatic heterocycles. The molecule has 21 heavy (non-hydrogen) atoms. The van der Waals surface area contributed by atoms with Crippen molar-refractivity contribution in [3.05, 3.63) is 34.3 Å². The third-order valence-electron chi connectivity index (χ3n) is 4.16. The van der Waals surface area contributed by atoms with Crippen LogP contribution in [0.2, 0.25) is 0 Å². The summed E-state index contributed by atoms with van der Waals surface area (Å²) in [7, 11) is 1.93. The number of nitrogens with zero attached hydrogens (tertiary/aromatic N) is 4. The Kier molecular flexibility index (Phi) is 4.37. The summed E-state index contributed by atoms with van der Waals surface area (Å²) < 4.78 is 1.91. The van der Waals surface area contributed by atoms with Crippen molar-refractivity contribution in [1.29, 1.82) is 0 Å². The lowest BCUT2D eigenvalue weighted by molar-refractivity contribution is 0.0401. The van der Waals surface area contributed by atoms with Crippen LogP contribution in [0.1, 0.15) is 35.5 Å². The Morgan fingerprint density at radius 3 is 3.05 bits per heavy atom. The molecule has 0 aromatic carbocycles. The van der Waals surface area contributed by atoms with Crippen LogP contribution >= 0.6 is 11.3 Å². The second-order valence-corrected chi connectivity index (χ2v) is 6.90. The summed E-state index contributed by atoms with van der Waals surface area (Å²) in [5, 5.41) is 13.8. The first-order chi connectivity index (χ1) is 10.1. The van der Waals surface area contributed by atoms with Crippen molar-refractivity contribution in [2.45, 2.75) is 32.4 Å². The topological polar surface area (TPSA) is 54.2 Å². The van der Waals surface area contributed by atoms with Gasteiger partial charge in [-0.1, -0.05) is 0 Å². The molecule has 0 amide bonds. The highest BCUT2D eigenvalue weighted by Gasteiger charge is 2.29. The van der Waals surface area contributed by atoms with Crippen molar-refractivity contribution in [2.24, 2.45) is 13.0 Å². The number of imidazole rings is 1. The van der Waals surface area contributed by atoms with E-state index >= 15 is 0 Å². The van der Waals surface area contributed by atoms with Crippen LogP contribution in [0.5, 0.6) is 0 Å². The first-order valence-corrected chi connectivity index (χ1v) is 8.30. The number of aromatic nitrogens is 3. The van der Waals surface area contributed by atoms with Crippen molar-refractivity contribution in [3.8, 4) is 0 Å². The normalized spacial score (nSPS) is 21.6. The van der Waals surface area contributed by atoms with Gasteiger partial charge in [-0.3, -0.25) is 4.90 Å². The van der Waals surface area contributed by atoms with E-state index < -0.39 is 6.10 Å². The van der Waals surface area contributed by atoms with Crippen LogP contribution in [-0.4, -0.2) is 37.6 Å². The molecule has 3 heterocycles. The molecule has 0 aliphatic carbocycles. The largest absolute Gasteiger partial charge is 0.385 e. The molecule has 1 N–H and O–H groups in total. The number of rotatable bonds is 4. The maximum Gasteiger partial charge on any atom is 0.137 e. The summed E-state index contributed by atoms with van der Waals surface area (Å²) in [6.45, 7) is 4.91. The number of thiazole rings is 1. The van der Waals surface area contributed by atoms with Crippen molar-refractivity contribution < 1.29 is 5.11 Å². The van der Waals surface area contributed by atoms with Gasteiger partial charge in [0.05, 0.1) is 10.7 Å². The number of aryl methyl sites for hydroxylation is 2. The lowest BCUT2D eigenvalue weighted by atomic mass is 9.92. The first-order valence-electron chi connectivity index (χ1n) is 7.42. The summed E-state index contributed by atoms with van der Waals surface area (Å²) in [6.07, 6.45) is 5.33. The highest BCUT2D eigenvalue weighted by atomic mass is 32.1. The molecule has 2 aromatic heterocycles. The van der Waals surface area contributed by atoms with Gasteiger partial charge in [-0.2, -0.15) is 0 Å². The lowest BCUT2D eigenvalue weighted by Crippen LogP contribution is -2.38. The Balaban J connectivity index is 1.64. The number of likely N-dealkylation sites (tertiary alicyclic amines) is 1. The van der Waals surface area contributed by atoms with Crippen LogP contribution in [0.3, 0.4) is 0 Å². The zero-order valence-electron chi connectivity index (χ0n) is 12.6. The quantitative estimate of drug-likeness (QED) is 0.940. The molecule has 6 heteroatoms. The predicted molar refractivity (Wildman–Crippen MR) is 83.0 cm³/mol. The van der Waals surface area contributed by atoms with E-state index in [0.29, 0.717) is 0 Å². The third kappa shape index (κ3) is 3.33. The summed E-state index contributed by atoms with van der Waals surface area (Å²) >= 11 is 1.70. The SMILES string of the molecule is Cc1nc(CN2CCCC(C(O)c3nccn3C)C2)cs1. The minimum absolute atomic E-state index is 0.250. The first kappa shape index (κ1) is 14.7. The molecule has 1 aliphatic rings. The van der Waals surface area contributed by atoms with Crippen molar-refractivity contribution >= 4 is 11.3 Å². The van der Waals surface area contributed by atoms with Crippen LogP contribution in [0.4, 0.5) is 0 Å². The van der Waals surface area contributed by atoms with Gasteiger partial charge in [0.2, 0.25) is 0 Å². The fourth-order valence-corrected chi connectivity index (χ4v) is 3.68. The molecule has 1 saturated heterocycles. The Hall–Kier alpha value is -1.24. The van der Waals surface area contributed by atoms with Crippen LogP contribution in [-0.2, 0) is 13.6 Å². The van der Waals surface area contributed by atoms with E-state index in [1.54, 1.807) is 17.5 Å². The number of hydrogen-bond acceptors (Lipinski definition) is 5. The van der Waals surface area contributed by atoms with Gasteiger partial charge in [-0.25, -0.2) is 9.97 Å². The van der Waals surface area contributed by atoms with Crippen molar-refractivity contribution in [2.75, 3.05) is 13.1 Å². The van der Waals surface area contributed by atoms with Crippen LogP contribution < -0.4 is 0 Å². The highest BCUT2D eigenvalue weighted by Crippen LogP contribution is 2.29. The van der Waals surface area contributed by atoms with Gasteiger partial charge in [-0.15, -0.1) is 11.3 Å². The second kappa shape index (κ2) is 6.25. The van der Waals surface area contributed by atoms with Gasteiger partial charge < -0.3 is 9.67 Å². The standard InChI is InChI=1S/C15H22N4OS/c1-11-17-13(10-21-11)9-19-6-3-4-12(8-19)14(20)15-16-5-7-18(15)2/h5,7,10,12,14,20H,3-4,6,8-9H2,1-2H3. The van der Waals surface area contributed by atoms with Gasteiger partial charge >= 0.3 is 0 Å². The van der Waals surface area contributed by atoms with Gasteiger partial charge in [0.25, 0.3) is 0 Å². The molecular weight excluding hydrogens is 284 g/mol. The van der Waals surface area contributed by atoms with E-state index in [2.05, 4.69) is 20.2 Å². The van der Waals surface area contributed by atoms with E-state index in [4.69, 9.17) is 0 Å². The van der Waals surface area contributed by atoms with E-state index in [1.165, 1.54) is 0 Å². The zero-order valence-corrected chi connectivity index (χ0v) is 13.4. The van der Waals surface area contributed by atoms with Crippen molar-refractivity contribution in [1.82, 2.24) is 19.4 Å². The third-order valence-corrected chi connectivity index (χ3v) is 4.99. The molecule has 2 atom stereocenters. The van der Waals surface area contributed by atoms with Gasteiger partial charge in [-0.05, 0) is 26.3 Å². The average molecular weight is 306 g/mol. The molecular formula is C15H22N4OS. The molecule has 2 unspecified atom stereocenters. The average Bonchev–Trinajstić information content (AvgIpc) is 3.07. The lowest BCUT2D eigenvalue weighted by Gasteiger charge is -2.34. The van der Waals surface area contributed by atoms with E-state index in [-0.39, 0.29) is 5.92 Å². The maximum atomic E-state index is 10.6. The van der Waals surface area contributed by atoms with Gasteiger partial charge in [0, 0.05) is 43.8 Å². The Labute approximate surface area is 129 Å². The Morgan fingerprint density at radius 2 is 2.38 bits per heavy atom. The molecule has 5 nitrogen and oxygen atoms in total. The summed E-state index contributed by atoms with van der Waals surface area (Å²) in [5.74, 6) is 1.02. The maximum absolute atomic E-state index is 10.6. The van der Waals surface area contributed by atoms with Crippen LogP contribution in [0, 0.1) is 12.8 Å². The molecule has 114 valence electrons. The molecule has 0 spiro atoms. The zero-order chi connectivity index (χ0) is 14.8. The summed E-state index contributed by atoms with van der Waals surface area (Å²) in [4.78, 5) is 11.2. The van der Waals surface area contributed by atoms with E-state index in [1.807, 2.05) is 24.7 Å². The summed E-state index contributed by atoms with van der Waals surface area (Å²) in [5.41, 5.74) is 1.14. The molecule has 0 radical (unpaired) electrons. The molecule has 1 fully saturated rings. The minimum Gasteiger partial charge on any atom is -0.385 e. The Bertz CT molecular complexity index is 594. The number of aliphatic hydroxyl groups excluding tert-OH is 1. The molecule has 3 rings (SSSR count). The van der Waals surface area contributed by atoms with Gasteiger partial charge in [0.1, 0.15) is 11.9 Å². The highest BCUT2D eigenvalue weighted by molar-refractivity contribution is 7.09. The molecule has 0 bridgehead atoms. The van der Waals surface area contributed by atoms with Gasteiger partial charge in [0.15, 0.2) is 0 Å². The van der Waals surface area contributed by atoms with Crippen LogP contribution in [0.25, 0.3) is 0 Å².